The second-order valence-corrected chi connectivity index (χ2v) is 8.72. The highest BCUT2D eigenvalue weighted by atomic mass is 32.2. The molecule has 0 radical (unpaired) electrons. The van der Waals surface area contributed by atoms with E-state index < -0.39 is 10.0 Å². The van der Waals surface area contributed by atoms with Crippen molar-refractivity contribution in [1.82, 2.24) is 9.62 Å². The molecule has 2 atom stereocenters. The standard InChI is InChI=1S/C15H26N2O3S/c1-11(2)21(18,19)17-7-5-14(13(4)10-17)16-9-15-12(3)6-8-20-15/h6,8,11,13-14,16H,5,7,9-10H2,1-4H3/t13-,14-/m1/s1. The zero-order valence-electron chi connectivity index (χ0n) is 13.3. The van der Waals surface area contributed by atoms with Gasteiger partial charge in [-0.2, -0.15) is 0 Å². The number of sulfonamides is 1. The summed E-state index contributed by atoms with van der Waals surface area (Å²) in [6, 6.07) is 2.28. The summed E-state index contributed by atoms with van der Waals surface area (Å²) < 4.78 is 31.5. The van der Waals surface area contributed by atoms with Gasteiger partial charge in [0.1, 0.15) is 5.76 Å². The Balaban J connectivity index is 1.91. The highest BCUT2D eigenvalue weighted by molar-refractivity contribution is 7.89. The Kier molecular flexibility index (Phi) is 5.11. The molecule has 5 nitrogen and oxygen atoms in total. The SMILES string of the molecule is Cc1ccoc1CN[C@@H]1CCN(S(=O)(=O)C(C)C)C[C@H]1C. The first-order chi connectivity index (χ1) is 9.82. The monoisotopic (exact) mass is 314 g/mol. The lowest BCUT2D eigenvalue weighted by molar-refractivity contribution is 0.215. The maximum absolute atomic E-state index is 12.2. The molecule has 1 aliphatic heterocycles. The number of hydrogen-bond donors (Lipinski definition) is 1. The molecule has 1 aliphatic rings. The normalized spacial score (nSPS) is 24.6. The average Bonchev–Trinajstić information content (AvgIpc) is 2.82. The molecule has 0 saturated carbocycles. The van der Waals surface area contributed by atoms with Crippen LogP contribution in [0, 0.1) is 12.8 Å². The lowest BCUT2D eigenvalue weighted by Gasteiger charge is -2.37. The van der Waals surface area contributed by atoms with Crippen molar-refractivity contribution in [3.05, 3.63) is 23.7 Å². The summed E-state index contributed by atoms with van der Waals surface area (Å²) >= 11 is 0. The maximum Gasteiger partial charge on any atom is 0.216 e. The van der Waals surface area contributed by atoms with Crippen molar-refractivity contribution < 1.29 is 12.8 Å². The van der Waals surface area contributed by atoms with E-state index >= 15 is 0 Å². The fourth-order valence-electron chi connectivity index (χ4n) is 2.75. The summed E-state index contributed by atoms with van der Waals surface area (Å²) in [7, 11) is -3.13. The smallest absolute Gasteiger partial charge is 0.216 e. The molecule has 1 aromatic rings. The summed E-state index contributed by atoms with van der Waals surface area (Å²) in [4.78, 5) is 0. The van der Waals surface area contributed by atoms with Crippen LogP contribution in [-0.4, -0.2) is 37.1 Å². The molecule has 0 bridgehead atoms. The van der Waals surface area contributed by atoms with E-state index in [9.17, 15) is 8.42 Å². The van der Waals surface area contributed by atoms with Crippen molar-refractivity contribution in [2.24, 2.45) is 5.92 Å². The van der Waals surface area contributed by atoms with E-state index in [1.807, 2.05) is 13.0 Å². The predicted octanol–water partition coefficient (Wildman–Crippen LogP) is 2.13. The van der Waals surface area contributed by atoms with Gasteiger partial charge in [-0.1, -0.05) is 6.92 Å². The fraction of sp³-hybridized carbons (Fsp3) is 0.733. The van der Waals surface area contributed by atoms with E-state index in [1.54, 1.807) is 24.4 Å². The van der Waals surface area contributed by atoms with Crippen LogP contribution in [0.2, 0.25) is 0 Å². The molecule has 1 N–H and O–H groups in total. The summed E-state index contributed by atoms with van der Waals surface area (Å²) in [5.41, 5.74) is 1.15. The van der Waals surface area contributed by atoms with Gasteiger partial charge in [-0.25, -0.2) is 12.7 Å². The van der Waals surface area contributed by atoms with E-state index in [0.717, 1.165) is 17.7 Å². The lowest BCUT2D eigenvalue weighted by atomic mass is 9.95. The highest BCUT2D eigenvalue weighted by Gasteiger charge is 2.33. The fourth-order valence-corrected chi connectivity index (χ4v) is 4.15. The molecular formula is C15H26N2O3S. The molecule has 0 aromatic carbocycles. The summed E-state index contributed by atoms with van der Waals surface area (Å²) in [5.74, 6) is 1.25. The summed E-state index contributed by atoms with van der Waals surface area (Å²) in [5, 5.41) is 3.15. The van der Waals surface area contributed by atoms with Crippen molar-refractivity contribution >= 4 is 10.0 Å². The lowest BCUT2D eigenvalue weighted by Crippen LogP contribution is -2.51. The highest BCUT2D eigenvalue weighted by Crippen LogP contribution is 2.22. The predicted molar refractivity (Wildman–Crippen MR) is 83.5 cm³/mol. The number of nitrogens with zero attached hydrogens (tertiary/aromatic N) is 1. The van der Waals surface area contributed by atoms with E-state index in [4.69, 9.17) is 4.42 Å². The molecule has 6 heteroatoms. The Morgan fingerprint density at radius 2 is 2.19 bits per heavy atom. The van der Waals surface area contributed by atoms with Gasteiger partial charge in [0, 0.05) is 19.1 Å². The third-order valence-electron chi connectivity index (χ3n) is 4.32. The second kappa shape index (κ2) is 6.50. The van der Waals surface area contributed by atoms with Crippen molar-refractivity contribution in [1.29, 1.82) is 0 Å². The Bertz CT molecular complexity index is 565. The van der Waals surface area contributed by atoms with Crippen LogP contribution < -0.4 is 5.32 Å². The van der Waals surface area contributed by atoms with Crippen molar-refractivity contribution in [2.75, 3.05) is 13.1 Å². The Morgan fingerprint density at radius 3 is 2.71 bits per heavy atom. The van der Waals surface area contributed by atoms with Gasteiger partial charge in [0.05, 0.1) is 18.1 Å². The molecule has 21 heavy (non-hydrogen) atoms. The van der Waals surface area contributed by atoms with Crippen molar-refractivity contribution in [3.63, 3.8) is 0 Å². The van der Waals surface area contributed by atoms with E-state index in [0.29, 0.717) is 31.6 Å². The number of hydrogen-bond acceptors (Lipinski definition) is 4. The van der Waals surface area contributed by atoms with Gasteiger partial charge in [-0.3, -0.25) is 0 Å². The number of furan rings is 1. The minimum absolute atomic E-state index is 0.294. The Hall–Kier alpha value is -0.850. The minimum Gasteiger partial charge on any atom is -0.468 e. The van der Waals surface area contributed by atoms with Crippen LogP contribution in [-0.2, 0) is 16.6 Å². The van der Waals surface area contributed by atoms with Crippen LogP contribution in [0.1, 0.15) is 38.5 Å². The molecule has 0 aliphatic carbocycles. The van der Waals surface area contributed by atoms with Crippen LogP contribution >= 0.6 is 0 Å². The second-order valence-electron chi connectivity index (χ2n) is 6.23. The largest absolute Gasteiger partial charge is 0.468 e. The molecule has 2 rings (SSSR count). The number of aryl methyl sites for hydroxylation is 1. The van der Waals surface area contributed by atoms with Gasteiger partial charge in [-0.05, 0) is 44.7 Å². The maximum atomic E-state index is 12.2. The minimum atomic E-state index is -3.13. The molecule has 0 spiro atoms. The van der Waals surface area contributed by atoms with Crippen LogP contribution in [0.3, 0.4) is 0 Å². The third kappa shape index (κ3) is 3.67. The molecule has 2 heterocycles. The topological polar surface area (TPSA) is 62.6 Å². The Morgan fingerprint density at radius 1 is 1.48 bits per heavy atom. The molecule has 120 valence electrons. The van der Waals surface area contributed by atoms with Crippen molar-refractivity contribution in [3.8, 4) is 0 Å². The van der Waals surface area contributed by atoms with E-state index in [2.05, 4.69) is 12.2 Å². The summed E-state index contributed by atoms with van der Waals surface area (Å²) in [6.07, 6.45) is 2.54. The molecule has 1 fully saturated rings. The van der Waals surface area contributed by atoms with Gasteiger partial charge in [0.15, 0.2) is 0 Å². The summed E-state index contributed by atoms with van der Waals surface area (Å²) in [6.45, 7) is 9.50. The van der Waals surface area contributed by atoms with Gasteiger partial charge in [0.25, 0.3) is 0 Å². The van der Waals surface area contributed by atoms with Crippen LogP contribution in [0.4, 0.5) is 0 Å². The molecule has 1 aromatic heterocycles. The first-order valence-electron chi connectivity index (χ1n) is 7.57. The van der Waals surface area contributed by atoms with Crippen LogP contribution in [0.5, 0.6) is 0 Å². The zero-order valence-corrected chi connectivity index (χ0v) is 14.1. The molecule has 0 amide bonds. The van der Waals surface area contributed by atoms with Crippen LogP contribution in [0.15, 0.2) is 16.7 Å². The first-order valence-corrected chi connectivity index (χ1v) is 9.08. The van der Waals surface area contributed by atoms with E-state index in [-0.39, 0.29) is 5.25 Å². The van der Waals surface area contributed by atoms with Gasteiger partial charge < -0.3 is 9.73 Å². The number of rotatable bonds is 5. The molecule has 0 unspecified atom stereocenters. The first kappa shape index (κ1) is 16.5. The Labute approximate surface area is 127 Å². The molecule has 1 saturated heterocycles. The van der Waals surface area contributed by atoms with Crippen molar-refractivity contribution in [2.45, 2.75) is 52.0 Å². The van der Waals surface area contributed by atoms with Gasteiger partial charge in [-0.15, -0.1) is 0 Å². The van der Waals surface area contributed by atoms with Crippen LogP contribution in [0.25, 0.3) is 0 Å². The van der Waals surface area contributed by atoms with E-state index in [1.165, 1.54) is 0 Å². The average molecular weight is 314 g/mol. The zero-order chi connectivity index (χ0) is 15.6. The number of piperidine rings is 1. The number of nitrogens with one attached hydrogen (secondary N) is 1. The molecular weight excluding hydrogens is 288 g/mol. The van der Waals surface area contributed by atoms with Gasteiger partial charge in [0.2, 0.25) is 10.0 Å². The quantitative estimate of drug-likeness (QED) is 0.904. The third-order valence-corrected chi connectivity index (χ3v) is 6.56. The van der Waals surface area contributed by atoms with Gasteiger partial charge >= 0.3 is 0 Å².